The van der Waals surface area contributed by atoms with Crippen molar-refractivity contribution in [3.8, 4) is 12.3 Å². The Morgan fingerprint density at radius 2 is 2.50 bits per heavy atom. The maximum absolute atomic E-state index is 10.8. The van der Waals surface area contributed by atoms with Gasteiger partial charge in [-0.3, -0.25) is 9.89 Å². The second kappa shape index (κ2) is 2.96. The number of hydrogen-bond donors (Lipinski definition) is 3. The molecular weight excluding hydrogens is 156 g/mol. The molecule has 0 spiro atoms. The molecule has 1 amide bonds. The third-order valence-electron chi connectivity index (χ3n) is 1.39. The average molecular weight is 164 g/mol. The van der Waals surface area contributed by atoms with Crippen LogP contribution < -0.4 is 11.1 Å². The number of rotatable bonds is 2. The summed E-state index contributed by atoms with van der Waals surface area (Å²) >= 11 is 0. The molecule has 0 bridgehead atoms. The normalized spacial score (nSPS) is 9.00. The first-order chi connectivity index (χ1) is 5.70. The number of nitrogens with one attached hydrogen (secondary N) is 2. The molecule has 5 heteroatoms. The number of carbonyl (C=O) groups excluding carboxylic acids is 1. The van der Waals surface area contributed by atoms with E-state index in [1.165, 1.54) is 0 Å². The van der Waals surface area contributed by atoms with Crippen molar-refractivity contribution in [2.45, 2.75) is 0 Å². The lowest BCUT2D eigenvalue weighted by atomic mass is 10.2. The van der Waals surface area contributed by atoms with E-state index >= 15 is 0 Å². The Labute approximate surface area is 69.3 Å². The van der Waals surface area contributed by atoms with Crippen LogP contribution in [0.3, 0.4) is 0 Å². The van der Waals surface area contributed by atoms with Crippen LogP contribution in [0.2, 0.25) is 0 Å². The second-order valence-electron chi connectivity index (χ2n) is 2.08. The third-order valence-corrected chi connectivity index (χ3v) is 1.39. The van der Waals surface area contributed by atoms with E-state index in [2.05, 4.69) is 21.4 Å². The number of aromatic amines is 1. The molecule has 0 fully saturated rings. The van der Waals surface area contributed by atoms with Gasteiger partial charge in [0.05, 0.1) is 0 Å². The summed E-state index contributed by atoms with van der Waals surface area (Å²) in [4.78, 5) is 10.8. The number of anilines is 1. The van der Waals surface area contributed by atoms with Gasteiger partial charge in [0.2, 0.25) is 0 Å². The predicted octanol–water partition coefficient (Wildman–Crippen LogP) is -0.468. The molecule has 0 radical (unpaired) electrons. The first-order valence-corrected chi connectivity index (χ1v) is 3.23. The van der Waals surface area contributed by atoms with Crippen LogP contribution in [0.25, 0.3) is 0 Å². The van der Waals surface area contributed by atoms with Crippen molar-refractivity contribution in [2.24, 2.45) is 5.73 Å². The van der Waals surface area contributed by atoms with Gasteiger partial charge in [-0.25, -0.2) is 0 Å². The zero-order valence-corrected chi connectivity index (χ0v) is 6.51. The Morgan fingerprint density at radius 1 is 1.83 bits per heavy atom. The van der Waals surface area contributed by atoms with Gasteiger partial charge in [-0.1, -0.05) is 0 Å². The highest BCUT2D eigenvalue weighted by Gasteiger charge is 2.15. The zero-order valence-electron chi connectivity index (χ0n) is 6.51. The fraction of sp³-hybridized carbons (Fsp3) is 0.143. The van der Waals surface area contributed by atoms with Crippen molar-refractivity contribution in [2.75, 3.05) is 12.4 Å². The highest BCUT2D eigenvalue weighted by molar-refractivity contribution is 5.99. The molecule has 1 rings (SSSR count). The van der Waals surface area contributed by atoms with Crippen molar-refractivity contribution >= 4 is 11.7 Å². The van der Waals surface area contributed by atoms with E-state index in [0.717, 1.165) is 0 Å². The minimum atomic E-state index is -0.596. The van der Waals surface area contributed by atoms with Crippen LogP contribution in [0.1, 0.15) is 16.1 Å². The molecule has 1 aromatic rings. The van der Waals surface area contributed by atoms with E-state index in [1.54, 1.807) is 7.05 Å². The molecule has 0 saturated carbocycles. The molecule has 0 atom stereocenters. The molecule has 5 nitrogen and oxygen atoms in total. The van der Waals surface area contributed by atoms with Crippen molar-refractivity contribution in [3.63, 3.8) is 0 Å². The molecule has 62 valence electrons. The van der Waals surface area contributed by atoms with E-state index in [0.29, 0.717) is 11.5 Å². The summed E-state index contributed by atoms with van der Waals surface area (Å²) in [5, 5.41) is 8.95. The van der Waals surface area contributed by atoms with Gasteiger partial charge in [-0.15, -0.1) is 6.42 Å². The zero-order chi connectivity index (χ0) is 9.14. The molecular formula is C7H8N4O. The Hall–Kier alpha value is -1.96. The number of hydrogen-bond acceptors (Lipinski definition) is 3. The number of carbonyl (C=O) groups is 1. The quantitative estimate of drug-likeness (QED) is 0.517. The monoisotopic (exact) mass is 164 g/mol. The number of nitrogens with zero attached hydrogens (tertiary/aromatic N) is 1. The van der Waals surface area contributed by atoms with Crippen LogP contribution in [0.15, 0.2) is 0 Å². The number of amides is 1. The fourth-order valence-corrected chi connectivity index (χ4v) is 0.867. The summed E-state index contributed by atoms with van der Waals surface area (Å²) in [6.45, 7) is 0. The Kier molecular flexibility index (Phi) is 2.01. The van der Waals surface area contributed by atoms with E-state index in [4.69, 9.17) is 12.2 Å². The number of aromatic nitrogens is 2. The maximum atomic E-state index is 10.8. The summed E-state index contributed by atoms with van der Waals surface area (Å²) < 4.78 is 0. The number of nitrogens with two attached hydrogens (primary N) is 1. The average Bonchev–Trinajstić information content (AvgIpc) is 2.46. The van der Waals surface area contributed by atoms with Gasteiger partial charge in [0.1, 0.15) is 11.3 Å². The summed E-state index contributed by atoms with van der Waals surface area (Å²) in [6, 6.07) is 0. The van der Waals surface area contributed by atoms with Crippen molar-refractivity contribution in [1.29, 1.82) is 0 Å². The Bertz CT molecular complexity index is 347. The van der Waals surface area contributed by atoms with Gasteiger partial charge < -0.3 is 11.1 Å². The topological polar surface area (TPSA) is 83.8 Å². The molecule has 1 heterocycles. The molecule has 0 aliphatic rings. The lowest BCUT2D eigenvalue weighted by Gasteiger charge is -1.95. The predicted molar refractivity (Wildman–Crippen MR) is 44.6 cm³/mol. The molecule has 1 aromatic heterocycles. The van der Waals surface area contributed by atoms with Gasteiger partial charge >= 0.3 is 0 Å². The molecule has 4 N–H and O–H groups in total. The standard InChI is InChI=1S/C7H8N4O/c1-3-4-5(6(8)12)7(9-2)11-10-4/h1H,2H3,(H2,8,12)(H2,9,10,11). The van der Waals surface area contributed by atoms with E-state index in [-0.39, 0.29) is 5.56 Å². The lowest BCUT2D eigenvalue weighted by Crippen LogP contribution is -2.13. The lowest BCUT2D eigenvalue weighted by molar-refractivity contribution is 0.100. The molecule has 0 aromatic carbocycles. The third kappa shape index (κ3) is 1.10. The molecule has 12 heavy (non-hydrogen) atoms. The van der Waals surface area contributed by atoms with Gasteiger partial charge in [-0.2, -0.15) is 5.10 Å². The largest absolute Gasteiger partial charge is 0.371 e. The van der Waals surface area contributed by atoms with Gasteiger partial charge in [0, 0.05) is 7.05 Å². The van der Waals surface area contributed by atoms with E-state index in [1.807, 2.05) is 0 Å². The number of H-pyrrole nitrogens is 1. The molecule has 0 aliphatic carbocycles. The second-order valence-corrected chi connectivity index (χ2v) is 2.08. The number of primary amides is 1. The summed E-state index contributed by atoms with van der Waals surface area (Å²) in [7, 11) is 1.63. The SMILES string of the molecule is C#Cc1[nH]nc(NC)c1C(N)=O. The molecule has 0 unspecified atom stereocenters. The summed E-state index contributed by atoms with van der Waals surface area (Å²) in [6.07, 6.45) is 5.10. The first-order valence-electron chi connectivity index (χ1n) is 3.23. The smallest absolute Gasteiger partial charge is 0.255 e. The Balaban J connectivity index is 3.28. The van der Waals surface area contributed by atoms with Crippen LogP contribution in [0.5, 0.6) is 0 Å². The van der Waals surface area contributed by atoms with Crippen LogP contribution in [0.4, 0.5) is 5.82 Å². The van der Waals surface area contributed by atoms with Crippen molar-refractivity contribution in [3.05, 3.63) is 11.3 Å². The maximum Gasteiger partial charge on any atom is 0.255 e. The minimum absolute atomic E-state index is 0.222. The number of terminal acetylenes is 1. The highest BCUT2D eigenvalue weighted by Crippen LogP contribution is 2.13. The van der Waals surface area contributed by atoms with E-state index in [9.17, 15) is 4.79 Å². The van der Waals surface area contributed by atoms with Crippen LogP contribution >= 0.6 is 0 Å². The molecule has 0 aliphatic heterocycles. The van der Waals surface area contributed by atoms with Crippen LogP contribution in [-0.2, 0) is 0 Å². The van der Waals surface area contributed by atoms with Crippen molar-refractivity contribution < 1.29 is 4.79 Å². The fourth-order valence-electron chi connectivity index (χ4n) is 0.867. The molecule has 0 saturated heterocycles. The summed E-state index contributed by atoms with van der Waals surface area (Å²) in [5.41, 5.74) is 5.60. The highest BCUT2D eigenvalue weighted by atomic mass is 16.1. The van der Waals surface area contributed by atoms with Crippen LogP contribution in [-0.4, -0.2) is 23.2 Å². The minimum Gasteiger partial charge on any atom is -0.371 e. The van der Waals surface area contributed by atoms with Gasteiger partial charge in [0.25, 0.3) is 5.91 Å². The van der Waals surface area contributed by atoms with Gasteiger partial charge in [-0.05, 0) is 5.92 Å². The first kappa shape index (κ1) is 8.14. The van der Waals surface area contributed by atoms with Gasteiger partial charge in [0.15, 0.2) is 5.82 Å². The summed E-state index contributed by atoms with van der Waals surface area (Å²) in [5.74, 6) is 2.05. The van der Waals surface area contributed by atoms with Crippen molar-refractivity contribution in [1.82, 2.24) is 10.2 Å². The van der Waals surface area contributed by atoms with Crippen LogP contribution in [0, 0.1) is 12.3 Å². The Morgan fingerprint density at radius 3 is 2.92 bits per heavy atom. The van der Waals surface area contributed by atoms with E-state index < -0.39 is 5.91 Å².